The van der Waals surface area contributed by atoms with Crippen LogP contribution in [0.3, 0.4) is 0 Å². The van der Waals surface area contributed by atoms with E-state index in [1.54, 1.807) is 0 Å². The van der Waals surface area contributed by atoms with Crippen LogP contribution in [0.15, 0.2) is 29.2 Å². The number of nitro benzene ring substituents is 1. The van der Waals surface area contributed by atoms with E-state index in [0.717, 1.165) is 0 Å². The molecule has 0 spiro atoms. The lowest BCUT2D eigenvalue weighted by Gasteiger charge is -2.02. The Balaban J connectivity index is 2.57. The first-order chi connectivity index (χ1) is 8.00. The lowest BCUT2D eigenvalue weighted by atomic mass is 10.3. The van der Waals surface area contributed by atoms with Gasteiger partial charge in [0.25, 0.3) is 5.69 Å². The van der Waals surface area contributed by atoms with E-state index in [4.69, 9.17) is 0 Å². The Bertz CT molecular complexity index is 443. The summed E-state index contributed by atoms with van der Waals surface area (Å²) < 4.78 is 16.3. The number of nitrogens with zero attached hydrogens (tertiary/aromatic N) is 1. The molecule has 0 bridgehead atoms. The van der Waals surface area contributed by atoms with Gasteiger partial charge in [0.05, 0.1) is 21.5 Å². The van der Waals surface area contributed by atoms with Crippen LogP contribution in [0, 0.1) is 10.1 Å². The summed E-state index contributed by atoms with van der Waals surface area (Å²) in [7, 11) is -1.32. The van der Waals surface area contributed by atoms with Gasteiger partial charge in [-0.25, -0.2) is 0 Å². The molecule has 1 unspecified atom stereocenters. The predicted molar refractivity (Wildman–Crippen MR) is 61.0 cm³/mol. The summed E-state index contributed by atoms with van der Waals surface area (Å²) in [4.78, 5) is 20.8. The summed E-state index contributed by atoms with van der Waals surface area (Å²) in [6.07, 6.45) is 0. The summed E-state index contributed by atoms with van der Waals surface area (Å²) in [5.74, 6) is -0.247. The monoisotopic (exact) mass is 257 g/mol. The molecule has 0 saturated carbocycles. The van der Waals surface area contributed by atoms with E-state index < -0.39 is 21.7 Å². The van der Waals surface area contributed by atoms with Crippen molar-refractivity contribution in [3.63, 3.8) is 0 Å². The smallest absolute Gasteiger partial charge is 0.302 e. The molecule has 17 heavy (non-hydrogen) atoms. The Morgan fingerprint density at radius 1 is 1.41 bits per heavy atom. The summed E-state index contributed by atoms with van der Waals surface area (Å²) >= 11 is 0. The van der Waals surface area contributed by atoms with Crippen LogP contribution in [-0.2, 0) is 20.3 Å². The number of non-ortho nitro benzene ring substituents is 1. The average molecular weight is 257 g/mol. The van der Waals surface area contributed by atoms with Crippen molar-refractivity contribution >= 4 is 22.5 Å². The molecule has 0 aliphatic carbocycles. The molecular formula is C10H11NO5S. The number of benzene rings is 1. The van der Waals surface area contributed by atoms with Crippen molar-refractivity contribution in [2.75, 3.05) is 12.4 Å². The first-order valence-corrected chi connectivity index (χ1v) is 6.09. The molecule has 0 aromatic heterocycles. The van der Waals surface area contributed by atoms with Gasteiger partial charge < -0.3 is 4.74 Å². The zero-order chi connectivity index (χ0) is 12.8. The van der Waals surface area contributed by atoms with Gasteiger partial charge in [-0.3, -0.25) is 19.1 Å². The Labute approximate surface area is 100 Å². The molecule has 0 N–H and O–H groups in total. The fourth-order valence-corrected chi connectivity index (χ4v) is 2.01. The van der Waals surface area contributed by atoms with Crippen molar-refractivity contribution in [1.82, 2.24) is 0 Å². The number of carbonyl (C=O) groups excluding carboxylic acids is 1. The van der Waals surface area contributed by atoms with Gasteiger partial charge in [-0.05, 0) is 12.1 Å². The Kier molecular flexibility index (Phi) is 4.77. The van der Waals surface area contributed by atoms with E-state index in [9.17, 15) is 19.1 Å². The highest BCUT2D eigenvalue weighted by Crippen LogP contribution is 2.14. The number of carbonyl (C=O) groups is 1. The molecule has 0 heterocycles. The number of ether oxygens (including phenoxy) is 1. The zero-order valence-electron chi connectivity index (χ0n) is 9.12. The molecule has 1 rings (SSSR count). The highest BCUT2D eigenvalue weighted by atomic mass is 32.2. The van der Waals surface area contributed by atoms with Crippen molar-refractivity contribution in [3.05, 3.63) is 34.4 Å². The number of nitro groups is 1. The lowest BCUT2D eigenvalue weighted by molar-refractivity contribution is -0.384. The first-order valence-electron chi connectivity index (χ1n) is 4.77. The second-order valence-corrected chi connectivity index (χ2v) is 4.71. The van der Waals surface area contributed by atoms with Crippen molar-refractivity contribution in [1.29, 1.82) is 0 Å². The minimum absolute atomic E-state index is 0.0502. The van der Waals surface area contributed by atoms with Gasteiger partial charge in [0.2, 0.25) is 0 Å². The minimum Gasteiger partial charge on any atom is -0.465 e. The maximum atomic E-state index is 11.7. The average Bonchev–Trinajstić information content (AvgIpc) is 2.28. The van der Waals surface area contributed by atoms with Crippen LogP contribution in [0.5, 0.6) is 0 Å². The number of rotatable bonds is 5. The third-order valence-corrected chi connectivity index (χ3v) is 3.22. The molecule has 1 aromatic rings. The standard InChI is InChI=1S/C10H11NO5S/c1-8(12)16-6-7-17(15)10-4-2-9(3-5-10)11(13)14/h2-5H,6-7H2,1H3. The fraction of sp³-hybridized carbons (Fsp3) is 0.300. The van der Waals surface area contributed by atoms with Crippen molar-refractivity contribution in [2.24, 2.45) is 0 Å². The summed E-state index contributed by atoms with van der Waals surface area (Å²) in [6, 6.07) is 5.45. The van der Waals surface area contributed by atoms with Crippen LogP contribution in [0.2, 0.25) is 0 Å². The molecule has 0 amide bonds. The van der Waals surface area contributed by atoms with Crippen molar-refractivity contribution in [3.8, 4) is 0 Å². The van der Waals surface area contributed by atoms with Gasteiger partial charge in [-0.2, -0.15) is 0 Å². The van der Waals surface area contributed by atoms with Crippen LogP contribution in [0.1, 0.15) is 6.92 Å². The van der Waals surface area contributed by atoms with Gasteiger partial charge in [-0.15, -0.1) is 0 Å². The summed E-state index contributed by atoms with van der Waals surface area (Å²) in [6.45, 7) is 1.34. The SMILES string of the molecule is CC(=O)OCCS(=O)c1ccc([N+](=O)[O-])cc1. The minimum atomic E-state index is -1.32. The highest BCUT2D eigenvalue weighted by Gasteiger charge is 2.08. The van der Waals surface area contributed by atoms with Crippen LogP contribution < -0.4 is 0 Å². The lowest BCUT2D eigenvalue weighted by Crippen LogP contribution is -2.09. The fourth-order valence-electron chi connectivity index (χ4n) is 1.10. The second kappa shape index (κ2) is 6.09. The quantitative estimate of drug-likeness (QED) is 0.450. The Morgan fingerprint density at radius 2 is 2.00 bits per heavy atom. The van der Waals surface area contributed by atoms with Gasteiger partial charge in [0, 0.05) is 24.0 Å². The van der Waals surface area contributed by atoms with Crippen LogP contribution >= 0.6 is 0 Å². The summed E-state index contributed by atoms with van der Waals surface area (Å²) in [5, 5.41) is 10.4. The number of esters is 1. The van der Waals surface area contributed by atoms with E-state index in [0.29, 0.717) is 4.90 Å². The van der Waals surface area contributed by atoms with E-state index in [1.807, 2.05) is 0 Å². The van der Waals surface area contributed by atoms with E-state index in [-0.39, 0.29) is 18.0 Å². The summed E-state index contributed by atoms with van der Waals surface area (Å²) in [5.41, 5.74) is -0.0502. The molecule has 0 aliphatic heterocycles. The van der Waals surface area contributed by atoms with Gasteiger partial charge in [0.1, 0.15) is 6.61 Å². The topological polar surface area (TPSA) is 86.5 Å². The highest BCUT2D eigenvalue weighted by molar-refractivity contribution is 7.85. The Morgan fingerprint density at radius 3 is 2.47 bits per heavy atom. The van der Waals surface area contributed by atoms with Crippen LogP contribution in [0.25, 0.3) is 0 Å². The van der Waals surface area contributed by atoms with E-state index >= 15 is 0 Å². The molecule has 0 saturated heterocycles. The molecule has 92 valence electrons. The van der Waals surface area contributed by atoms with Gasteiger partial charge in [-0.1, -0.05) is 0 Å². The number of hydrogen-bond acceptors (Lipinski definition) is 5. The predicted octanol–water partition coefficient (Wildman–Crippen LogP) is 1.27. The van der Waals surface area contributed by atoms with Crippen molar-refractivity contribution in [2.45, 2.75) is 11.8 Å². The van der Waals surface area contributed by atoms with Crippen molar-refractivity contribution < 1.29 is 18.7 Å². The zero-order valence-corrected chi connectivity index (χ0v) is 9.94. The molecule has 0 radical (unpaired) electrons. The maximum Gasteiger partial charge on any atom is 0.302 e. The molecule has 0 aliphatic rings. The van der Waals surface area contributed by atoms with E-state index in [1.165, 1.54) is 31.2 Å². The Hall–Kier alpha value is -1.76. The second-order valence-electron chi connectivity index (χ2n) is 3.14. The third kappa shape index (κ3) is 4.31. The third-order valence-electron chi connectivity index (χ3n) is 1.88. The molecule has 1 aromatic carbocycles. The largest absolute Gasteiger partial charge is 0.465 e. The molecular weight excluding hydrogens is 246 g/mol. The van der Waals surface area contributed by atoms with Crippen LogP contribution in [0.4, 0.5) is 5.69 Å². The van der Waals surface area contributed by atoms with Crippen LogP contribution in [-0.4, -0.2) is 27.5 Å². The van der Waals surface area contributed by atoms with Gasteiger partial charge >= 0.3 is 5.97 Å². The number of hydrogen-bond donors (Lipinski definition) is 0. The molecule has 0 fully saturated rings. The molecule has 1 atom stereocenters. The van der Waals surface area contributed by atoms with Gasteiger partial charge in [0.15, 0.2) is 0 Å². The van der Waals surface area contributed by atoms with E-state index in [2.05, 4.69) is 4.74 Å². The maximum absolute atomic E-state index is 11.7. The first kappa shape index (κ1) is 13.3. The molecule has 7 heteroatoms. The molecule has 6 nitrogen and oxygen atoms in total. The normalized spacial score (nSPS) is 11.8.